The first-order valence-corrected chi connectivity index (χ1v) is 12.0. The summed E-state index contributed by atoms with van der Waals surface area (Å²) in [5, 5.41) is 0. The van der Waals surface area contributed by atoms with E-state index in [1.807, 2.05) is 13.8 Å². The van der Waals surface area contributed by atoms with E-state index in [2.05, 4.69) is 87.2 Å². The highest BCUT2D eigenvalue weighted by molar-refractivity contribution is 5.21. The average molecular weight is 398 g/mol. The van der Waals surface area contributed by atoms with Crippen LogP contribution >= 0.6 is 0 Å². The number of unbranched alkanes of at least 4 members (excludes halogenated alkanes) is 5. The summed E-state index contributed by atoms with van der Waals surface area (Å²) in [4.78, 5) is 2.50. The predicted molar refractivity (Wildman–Crippen MR) is 133 cm³/mol. The first-order chi connectivity index (χ1) is 14.2. The van der Waals surface area contributed by atoms with Gasteiger partial charge >= 0.3 is 0 Å². The minimum Gasteiger partial charge on any atom is -0.299 e. The molecule has 0 aliphatic rings. The molecule has 0 bridgehead atoms. The molecule has 0 amide bonds. The summed E-state index contributed by atoms with van der Waals surface area (Å²) in [6.07, 6.45) is 9.61. The highest BCUT2D eigenvalue weighted by atomic mass is 15.1. The Morgan fingerprint density at radius 1 is 0.655 bits per heavy atom. The Morgan fingerprint density at radius 2 is 1.21 bits per heavy atom. The van der Waals surface area contributed by atoms with Crippen molar-refractivity contribution in [2.45, 2.75) is 93.0 Å². The van der Waals surface area contributed by atoms with Gasteiger partial charge in [0.25, 0.3) is 0 Å². The zero-order valence-electron chi connectivity index (χ0n) is 20.2. The van der Waals surface area contributed by atoms with Crippen molar-refractivity contribution < 1.29 is 0 Å². The first-order valence-electron chi connectivity index (χ1n) is 12.0. The van der Waals surface area contributed by atoms with Gasteiger partial charge in [-0.05, 0) is 31.0 Å². The molecular weight excluding hydrogens is 350 g/mol. The lowest BCUT2D eigenvalue weighted by Crippen LogP contribution is -2.25. The molecule has 2 aromatic rings. The summed E-state index contributed by atoms with van der Waals surface area (Å²) in [6.45, 7) is 16.1. The Kier molecular flexibility index (Phi) is 18.6. The van der Waals surface area contributed by atoms with E-state index in [0.717, 1.165) is 26.1 Å². The van der Waals surface area contributed by atoms with Crippen LogP contribution in [0.3, 0.4) is 0 Å². The maximum absolute atomic E-state index is 2.50. The molecule has 1 nitrogen and oxygen atoms in total. The standard InChI is InChI=1S/C18H23N.C8H18.C2H6/c1-3-19(14-13-17-7-5-4-6-8-17)15-18-11-9-16(2)10-12-18;1-3-5-7-8-6-4-2;1-2/h4-12H,3,13-15H2,1-2H3;3-8H2,1-2H3;1-2H3. The molecule has 0 saturated heterocycles. The topological polar surface area (TPSA) is 3.24 Å². The van der Waals surface area contributed by atoms with Crippen LogP contribution in [-0.4, -0.2) is 18.0 Å². The van der Waals surface area contributed by atoms with Crippen molar-refractivity contribution in [2.24, 2.45) is 0 Å². The van der Waals surface area contributed by atoms with E-state index in [4.69, 9.17) is 0 Å². The molecule has 0 aliphatic carbocycles. The maximum atomic E-state index is 2.50. The van der Waals surface area contributed by atoms with Gasteiger partial charge in [0.2, 0.25) is 0 Å². The average Bonchev–Trinajstić information content (AvgIpc) is 2.78. The zero-order chi connectivity index (χ0) is 21.7. The number of rotatable bonds is 11. The first kappa shape index (κ1) is 27.4. The lowest BCUT2D eigenvalue weighted by molar-refractivity contribution is 0.283. The van der Waals surface area contributed by atoms with Crippen molar-refractivity contribution in [3.05, 3.63) is 71.3 Å². The van der Waals surface area contributed by atoms with Crippen molar-refractivity contribution >= 4 is 0 Å². The van der Waals surface area contributed by atoms with Crippen LogP contribution in [-0.2, 0) is 13.0 Å². The molecule has 164 valence electrons. The van der Waals surface area contributed by atoms with E-state index < -0.39 is 0 Å². The fourth-order valence-electron chi connectivity index (χ4n) is 3.09. The summed E-state index contributed by atoms with van der Waals surface area (Å²) in [6, 6.07) is 19.6. The Bertz CT molecular complexity index is 553. The summed E-state index contributed by atoms with van der Waals surface area (Å²) >= 11 is 0. The van der Waals surface area contributed by atoms with Gasteiger partial charge in [0.05, 0.1) is 0 Å². The molecule has 0 aromatic heterocycles. The number of hydrogen-bond donors (Lipinski definition) is 0. The molecule has 29 heavy (non-hydrogen) atoms. The van der Waals surface area contributed by atoms with Gasteiger partial charge in [0.15, 0.2) is 0 Å². The SMILES string of the molecule is CC.CCCCCCCC.CCN(CCc1ccccc1)Cc1ccc(C)cc1. The summed E-state index contributed by atoms with van der Waals surface area (Å²) < 4.78 is 0. The molecule has 0 N–H and O–H groups in total. The Hall–Kier alpha value is -1.60. The van der Waals surface area contributed by atoms with Crippen LogP contribution < -0.4 is 0 Å². The van der Waals surface area contributed by atoms with Crippen molar-refractivity contribution in [1.82, 2.24) is 4.90 Å². The second kappa shape index (κ2) is 19.7. The zero-order valence-corrected chi connectivity index (χ0v) is 20.2. The van der Waals surface area contributed by atoms with Gasteiger partial charge in [-0.2, -0.15) is 0 Å². The molecule has 0 fully saturated rings. The highest BCUT2D eigenvalue weighted by Crippen LogP contribution is 2.08. The minimum absolute atomic E-state index is 1.05. The van der Waals surface area contributed by atoms with Crippen LogP contribution in [0, 0.1) is 6.92 Å². The molecular formula is C28H47N. The molecule has 0 radical (unpaired) electrons. The number of hydrogen-bond acceptors (Lipinski definition) is 1. The van der Waals surface area contributed by atoms with Crippen LogP contribution in [0.15, 0.2) is 54.6 Å². The molecule has 2 aromatic carbocycles. The number of aryl methyl sites for hydroxylation is 1. The number of benzene rings is 2. The van der Waals surface area contributed by atoms with Crippen molar-refractivity contribution in [1.29, 1.82) is 0 Å². The molecule has 0 aliphatic heterocycles. The summed E-state index contributed by atoms with van der Waals surface area (Å²) in [5.41, 5.74) is 4.15. The van der Waals surface area contributed by atoms with E-state index in [0.29, 0.717) is 0 Å². The largest absolute Gasteiger partial charge is 0.299 e. The smallest absolute Gasteiger partial charge is 0.0233 e. The number of likely N-dealkylation sites (N-methyl/N-ethyl adjacent to an activating group) is 1. The molecule has 0 atom stereocenters. The lowest BCUT2D eigenvalue weighted by atomic mass is 10.1. The fourth-order valence-corrected chi connectivity index (χ4v) is 3.09. The third-order valence-corrected chi connectivity index (χ3v) is 4.99. The predicted octanol–water partition coefficient (Wildman–Crippen LogP) is 8.45. The monoisotopic (exact) mass is 397 g/mol. The van der Waals surface area contributed by atoms with Crippen LogP contribution in [0.1, 0.15) is 89.8 Å². The van der Waals surface area contributed by atoms with E-state index in [-0.39, 0.29) is 0 Å². The van der Waals surface area contributed by atoms with Gasteiger partial charge in [-0.15, -0.1) is 0 Å². The van der Waals surface area contributed by atoms with E-state index in [1.54, 1.807) is 0 Å². The van der Waals surface area contributed by atoms with Gasteiger partial charge in [0, 0.05) is 13.1 Å². The molecule has 0 saturated carbocycles. The second-order valence-corrected chi connectivity index (χ2v) is 7.50. The van der Waals surface area contributed by atoms with Crippen molar-refractivity contribution in [3.63, 3.8) is 0 Å². The van der Waals surface area contributed by atoms with E-state index in [9.17, 15) is 0 Å². The van der Waals surface area contributed by atoms with E-state index >= 15 is 0 Å². The van der Waals surface area contributed by atoms with Crippen LogP contribution in [0.4, 0.5) is 0 Å². The fraction of sp³-hybridized carbons (Fsp3) is 0.571. The minimum atomic E-state index is 1.05. The van der Waals surface area contributed by atoms with Gasteiger partial charge < -0.3 is 0 Å². The quantitative estimate of drug-likeness (QED) is 0.344. The molecule has 1 heteroatoms. The van der Waals surface area contributed by atoms with Crippen molar-refractivity contribution in [3.8, 4) is 0 Å². The van der Waals surface area contributed by atoms with Crippen LogP contribution in [0.2, 0.25) is 0 Å². The third kappa shape index (κ3) is 15.0. The Labute approximate surface area is 182 Å². The Balaban J connectivity index is 0.000000664. The molecule has 0 heterocycles. The molecule has 0 spiro atoms. The van der Waals surface area contributed by atoms with Gasteiger partial charge in [-0.3, -0.25) is 4.90 Å². The third-order valence-electron chi connectivity index (χ3n) is 4.99. The summed E-state index contributed by atoms with van der Waals surface area (Å²) in [7, 11) is 0. The summed E-state index contributed by atoms with van der Waals surface area (Å²) in [5.74, 6) is 0. The highest BCUT2D eigenvalue weighted by Gasteiger charge is 2.04. The van der Waals surface area contributed by atoms with Gasteiger partial charge in [-0.25, -0.2) is 0 Å². The van der Waals surface area contributed by atoms with Crippen LogP contribution in [0.25, 0.3) is 0 Å². The molecule has 2 rings (SSSR count). The van der Waals surface area contributed by atoms with Crippen LogP contribution in [0.5, 0.6) is 0 Å². The Morgan fingerprint density at radius 3 is 1.69 bits per heavy atom. The van der Waals surface area contributed by atoms with Gasteiger partial charge in [0.1, 0.15) is 0 Å². The second-order valence-electron chi connectivity index (χ2n) is 7.50. The van der Waals surface area contributed by atoms with Crippen molar-refractivity contribution in [2.75, 3.05) is 13.1 Å². The maximum Gasteiger partial charge on any atom is 0.0233 e. The normalized spacial score (nSPS) is 10.0. The lowest BCUT2D eigenvalue weighted by Gasteiger charge is -2.20. The van der Waals surface area contributed by atoms with E-state index in [1.165, 1.54) is 55.2 Å². The number of nitrogens with zero attached hydrogens (tertiary/aromatic N) is 1. The molecule has 0 unspecified atom stereocenters. The van der Waals surface area contributed by atoms with Gasteiger partial charge in [-0.1, -0.05) is 133 Å².